The van der Waals surface area contributed by atoms with Gasteiger partial charge in [-0.1, -0.05) is 42.5 Å². The summed E-state index contributed by atoms with van der Waals surface area (Å²) in [5, 5.41) is 2.69. The van der Waals surface area contributed by atoms with E-state index in [9.17, 15) is 0 Å². The predicted molar refractivity (Wildman–Crippen MR) is 116 cm³/mol. The van der Waals surface area contributed by atoms with Gasteiger partial charge in [0, 0.05) is 30.2 Å². The van der Waals surface area contributed by atoms with Crippen LogP contribution in [-0.4, -0.2) is 34.2 Å². The quantitative estimate of drug-likeness (QED) is 0.552. The minimum atomic E-state index is 0. The molecule has 0 radical (unpaired) electrons. The van der Waals surface area contributed by atoms with Crippen LogP contribution in [0.3, 0.4) is 0 Å². The first-order valence-electron chi connectivity index (χ1n) is 11.1. The van der Waals surface area contributed by atoms with Gasteiger partial charge in [0.15, 0.2) is 6.10 Å². The van der Waals surface area contributed by atoms with Crippen molar-refractivity contribution in [3.05, 3.63) is 72.4 Å². The third-order valence-electron chi connectivity index (χ3n) is 8.52. The molecule has 1 aromatic heterocycles. The number of nitrogens with zero attached hydrogens (tertiary/aromatic N) is 2. The topological polar surface area (TPSA) is 22.1 Å². The molecule has 3 nitrogen and oxygen atoms in total. The van der Waals surface area contributed by atoms with Gasteiger partial charge in [-0.05, 0) is 42.7 Å². The number of hydrogen-bond donors (Lipinski definition) is 0. The molecule has 6 rings (SSSR count). The maximum Gasteiger partial charge on any atom is 0.213 e. The zero-order valence-electron chi connectivity index (χ0n) is 17.5. The van der Waals surface area contributed by atoms with Crippen LogP contribution in [0.2, 0.25) is 0 Å². The summed E-state index contributed by atoms with van der Waals surface area (Å²) in [5.41, 5.74) is 1.81. The molecule has 3 aliphatic rings. The fraction of sp³-hybridized carbons (Fsp3) is 0.423. The van der Waals surface area contributed by atoms with E-state index < -0.39 is 0 Å². The molecule has 0 N–H and O–H groups in total. The van der Waals surface area contributed by atoms with E-state index in [0.29, 0.717) is 11.5 Å². The third kappa shape index (κ3) is 2.84. The molecule has 156 valence electrons. The second-order valence-electron chi connectivity index (χ2n) is 9.61. The van der Waals surface area contributed by atoms with Crippen LogP contribution in [0.1, 0.15) is 31.7 Å². The number of quaternary nitrogens is 1. The Labute approximate surface area is 189 Å². The van der Waals surface area contributed by atoms with E-state index >= 15 is 0 Å². The van der Waals surface area contributed by atoms with Gasteiger partial charge < -0.3 is 26.2 Å². The van der Waals surface area contributed by atoms with Crippen LogP contribution < -0.4 is 21.7 Å². The lowest BCUT2D eigenvalue weighted by atomic mass is 9.83. The van der Waals surface area contributed by atoms with Crippen molar-refractivity contribution in [2.45, 2.75) is 44.4 Å². The van der Waals surface area contributed by atoms with Gasteiger partial charge in [0.25, 0.3) is 0 Å². The molecule has 3 heterocycles. The second-order valence-corrected chi connectivity index (χ2v) is 9.61. The predicted octanol–water partition coefficient (Wildman–Crippen LogP) is 2.21. The maximum atomic E-state index is 6.51. The molecule has 0 unspecified atom stereocenters. The monoisotopic (exact) mass is 464 g/mol. The van der Waals surface area contributed by atoms with Crippen LogP contribution in [0, 0.1) is 11.8 Å². The summed E-state index contributed by atoms with van der Waals surface area (Å²) in [6, 6.07) is 21.8. The summed E-state index contributed by atoms with van der Waals surface area (Å²) in [7, 11) is 0. The summed E-state index contributed by atoms with van der Waals surface area (Å²) in [6.07, 6.45) is 6.15. The first kappa shape index (κ1) is 20.0. The SMILES string of the molecule is C[C@@]12[C@H]3CC[C@@H]1[C@H](Oc1ccccn1)C[N@+]2(Cc1ccc2ccccc2c1)CC3.[Br-]. The summed E-state index contributed by atoms with van der Waals surface area (Å²) in [4.78, 5) is 4.45. The van der Waals surface area contributed by atoms with Gasteiger partial charge in [-0.3, -0.25) is 0 Å². The zero-order valence-corrected chi connectivity index (χ0v) is 19.1. The molecule has 0 bridgehead atoms. The van der Waals surface area contributed by atoms with Gasteiger partial charge >= 0.3 is 0 Å². The Kier molecular flexibility index (Phi) is 4.90. The molecule has 0 spiro atoms. The van der Waals surface area contributed by atoms with Crippen LogP contribution in [0.4, 0.5) is 0 Å². The van der Waals surface area contributed by atoms with Gasteiger partial charge in [0.1, 0.15) is 18.6 Å². The summed E-state index contributed by atoms with van der Waals surface area (Å²) >= 11 is 0. The molecule has 1 aliphatic carbocycles. The molecule has 5 atom stereocenters. The Bertz CT molecular complexity index is 1060. The van der Waals surface area contributed by atoms with Gasteiger partial charge in [-0.25, -0.2) is 4.98 Å². The van der Waals surface area contributed by atoms with E-state index in [2.05, 4.69) is 54.4 Å². The Hall–Kier alpha value is -1.91. The lowest BCUT2D eigenvalue weighted by Crippen LogP contribution is -3.00. The standard InChI is InChI=1S/C26H29N2O.BrH/c1-26-22-11-12-23(26)24(29-25-8-4-5-14-27-25)18-28(26,15-13-22)17-19-9-10-20-6-2-3-7-21(20)16-19;/h2-10,14,16,22-24H,11-13,15,17-18H2,1H3;1H/q+1;/p-1/t22-,23+,24+,26+,28+;/m0./s1. The number of pyridine rings is 1. The molecule has 0 amide bonds. The minimum Gasteiger partial charge on any atom is -1.00 e. The van der Waals surface area contributed by atoms with Crippen molar-refractivity contribution >= 4 is 10.8 Å². The van der Waals surface area contributed by atoms with Crippen molar-refractivity contribution in [2.75, 3.05) is 13.1 Å². The fourth-order valence-electron chi connectivity index (χ4n) is 7.10. The molecular formula is C26H29BrN2O. The molecular weight excluding hydrogens is 436 g/mol. The molecule has 4 heteroatoms. The van der Waals surface area contributed by atoms with Crippen molar-refractivity contribution < 1.29 is 26.2 Å². The van der Waals surface area contributed by atoms with E-state index in [4.69, 9.17) is 4.74 Å². The zero-order chi connectivity index (χ0) is 19.5. The maximum absolute atomic E-state index is 6.51. The highest BCUT2D eigenvalue weighted by Crippen LogP contribution is 2.61. The highest BCUT2D eigenvalue weighted by molar-refractivity contribution is 5.82. The lowest BCUT2D eigenvalue weighted by Gasteiger charge is -2.43. The number of halogens is 1. The number of rotatable bonds is 4. The summed E-state index contributed by atoms with van der Waals surface area (Å²) in [5.74, 6) is 2.26. The fourth-order valence-corrected chi connectivity index (χ4v) is 7.10. The van der Waals surface area contributed by atoms with Crippen molar-refractivity contribution in [3.63, 3.8) is 0 Å². The van der Waals surface area contributed by atoms with Crippen molar-refractivity contribution in [1.82, 2.24) is 4.98 Å². The first-order chi connectivity index (χ1) is 14.2. The van der Waals surface area contributed by atoms with E-state index in [1.807, 2.05) is 24.4 Å². The van der Waals surface area contributed by atoms with E-state index in [1.54, 1.807) is 0 Å². The third-order valence-corrected chi connectivity index (χ3v) is 8.52. The van der Waals surface area contributed by atoms with E-state index in [-0.39, 0.29) is 23.1 Å². The average molecular weight is 465 g/mol. The van der Waals surface area contributed by atoms with Gasteiger partial charge in [0.2, 0.25) is 5.88 Å². The minimum absolute atomic E-state index is 0. The van der Waals surface area contributed by atoms with Crippen molar-refractivity contribution in [1.29, 1.82) is 0 Å². The summed E-state index contributed by atoms with van der Waals surface area (Å²) in [6.45, 7) is 6.09. The number of hydrogen-bond acceptors (Lipinski definition) is 2. The molecule has 3 aromatic rings. The first-order valence-corrected chi connectivity index (χ1v) is 11.1. The van der Waals surface area contributed by atoms with Gasteiger partial charge in [-0.15, -0.1) is 0 Å². The molecule has 2 aromatic carbocycles. The van der Waals surface area contributed by atoms with Crippen molar-refractivity contribution in [3.8, 4) is 5.88 Å². The molecule has 30 heavy (non-hydrogen) atoms. The highest BCUT2D eigenvalue weighted by Gasteiger charge is 2.71. The average Bonchev–Trinajstić information content (AvgIpc) is 3.31. The lowest BCUT2D eigenvalue weighted by molar-refractivity contribution is -0.965. The van der Waals surface area contributed by atoms with Crippen molar-refractivity contribution in [2.24, 2.45) is 11.8 Å². The Morgan fingerprint density at radius 3 is 2.67 bits per heavy atom. The number of benzene rings is 2. The van der Waals surface area contributed by atoms with E-state index in [0.717, 1.165) is 24.9 Å². The highest BCUT2D eigenvalue weighted by atomic mass is 79.9. The summed E-state index contributed by atoms with van der Waals surface area (Å²) < 4.78 is 7.71. The molecule has 1 saturated carbocycles. The van der Waals surface area contributed by atoms with Crippen LogP contribution in [-0.2, 0) is 6.54 Å². The Morgan fingerprint density at radius 2 is 1.83 bits per heavy atom. The second kappa shape index (κ2) is 7.35. The Balaban J connectivity index is 0.00000193. The Morgan fingerprint density at radius 1 is 1.00 bits per heavy atom. The number of aromatic nitrogens is 1. The smallest absolute Gasteiger partial charge is 0.213 e. The van der Waals surface area contributed by atoms with Crippen LogP contribution in [0.15, 0.2) is 66.9 Å². The van der Waals surface area contributed by atoms with E-state index in [1.165, 1.54) is 46.6 Å². The van der Waals surface area contributed by atoms with Crippen LogP contribution in [0.25, 0.3) is 10.8 Å². The van der Waals surface area contributed by atoms with Gasteiger partial charge in [-0.2, -0.15) is 0 Å². The molecule has 2 saturated heterocycles. The normalized spacial score (nSPS) is 34.0. The molecule has 3 fully saturated rings. The number of fused-ring (bicyclic) bond motifs is 1. The van der Waals surface area contributed by atoms with Gasteiger partial charge in [0.05, 0.1) is 12.5 Å². The van der Waals surface area contributed by atoms with Crippen LogP contribution >= 0.6 is 0 Å². The largest absolute Gasteiger partial charge is 1.00 e. The van der Waals surface area contributed by atoms with Crippen LogP contribution in [0.5, 0.6) is 5.88 Å². The molecule has 2 aliphatic heterocycles. The number of ether oxygens (including phenoxy) is 1.